The van der Waals surface area contributed by atoms with Crippen molar-refractivity contribution in [3.63, 3.8) is 0 Å². The van der Waals surface area contributed by atoms with Crippen LogP contribution in [0.5, 0.6) is 0 Å². The van der Waals surface area contributed by atoms with Crippen molar-refractivity contribution in [1.29, 1.82) is 5.41 Å². The fourth-order valence-electron chi connectivity index (χ4n) is 2.86. The second kappa shape index (κ2) is 4.24. The molecule has 0 amide bonds. The molecule has 1 N–H and O–H groups in total. The van der Waals surface area contributed by atoms with Crippen LogP contribution in [0.4, 0.5) is 5.69 Å². The average Bonchev–Trinajstić information content (AvgIpc) is 2.70. The van der Waals surface area contributed by atoms with Gasteiger partial charge in [0.1, 0.15) is 0 Å². The number of aryl methyl sites for hydroxylation is 2. The van der Waals surface area contributed by atoms with Crippen molar-refractivity contribution in [1.82, 2.24) is 0 Å². The molecule has 0 bridgehead atoms. The molecule has 2 heterocycles. The van der Waals surface area contributed by atoms with E-state index in [1.165, 1.54) is 17.3 Å². The average molecular weight is 296 g/mol. The smallest absolute Gasteiger partial charge is 0.161 e. The number of rotatable bonds is 1. The quantitative estimate of drug-likeness (QED) is 0.860. The van der Waals surface area contributed by atoms with Crippen LogP contribution in [0, 0.1) is 19.3 Å². The third-order valence-corrected chi connectivity index (χ3v) is 6.83. The van der Waals surface area contributed by atoms with Gasteiger partial charge in [0.2, 0.25) is 0 Å². The van der Waals surface area contributed by atoms with Crippen LogP contribution < -0.4 is 4.90 Å². The van der Waals surface area contributed by atoms with Gasteiger partial charge in [-0.15, -0.1) is 0 Å². The van der Waals surface area contributed by atoms with Gasteiger partial charge < -0.3 is 4.90 Å². The van der Waals surface area contributed by atoms with E-state index < -0.39 is 9.84 Å². The zero-order chi connectivity index (χ0) is 13.8. The largest absolute Gasteiger partial charge is 0.316 e. The van der Waals surface area contributed by atoms with Gasteiger partial charge >= 0.3 is 0 Å². The third-order valence-electron chi connectivity index (χ3n) is 3.70. The summed E-state index contributed by atoms with van der Waals surface area (Å²) in [6.45, 7) is 4.04. The Morgan fingerprint density at radius 2 is 2.05 bits per heavy atom. The molecular weight excluding hydrogens is 280 g/mol. The molecule has 19 heavy (non-hydrogen) atoms. The van der Waals surface area contributed by atoms with E-state index in [2.05, 4.69) is 6.07 Å². The number of nitrogens with one attached hydrogen (secondary N) is 1. The maximum absolute atomic E-state index is 11.8. The number of hydrogen-bond acceptors (Lipinski definition) is 4. The van der Waals surface area contributed by atoms with Crippen LogP contribution in [-0.4, -0.2) is 36.4 Å². The lowest BCUT2D eigenvalue weighted by molar-refractivity contribution is 0.601. The van der Waals surface area contributed by atoms with E-state index in [9.17, 15) is 8.42 Å². The van der Waals surface area contributed by atoms with Crippen LogP contribution in [0.15, 0.2) is 18.2 Å². The number of nitrogens with zero attached hydrogens (tertiary/aromatic N) is 1. The summed E-state index contributed by atoms with van der Waals surface area (Å²) in [5.74, 6) is 0.368. The second-order valence-corrected chi connectivity index (χ2v) is 8.65. The van der Waals surface area contributed by atoms with Crippen molar-refractivity contribution in [3.05, 3.63) is 29.3 Å². The molecule has 2 fully saturated rings. The Bertz CT molecular complexity index is 655. The molecule has 1 aromatic carbocycles. The first-order valence-corrected chi connectivity index (χ1v) is 8.89. The van der Waals surface area contributed by atoms with Gasteiger partial charge in [-0.05, 0) is 25.5 Å². The Morgan fingerprint density at radius 1 is 1.32 bits per heavy atom. The zero-order valence-corrected chi connectivity index (χ0v) is 12.5. The first-order valence-electron chi connectivity index (χ1n) is 6.19. The highest BCUT2D eigenvalue weighted by atomic mass is 32.2. The summed E-state index contributed by atoms with van der Waals surface area (Å²) < 4.78 is 23.5. The molecule has 2 unspecified atom stereocenters. The number of fused-ring (bicyclic) bond motifs is 1. The summed E-state index contributed by atoms with van der Waals surface area (Å²) in [4.78, 5) is 1.90. The summed E-state index contributed by atoms with van der Waals surface area (Å²) in [6.07, 6.45) is 0. The predicted molar refractivity (Wildman–Crippen MR) is 79.9 cm³/mol. The number of anilines is 1. The highest BCUT2D eigenvalue weighted by Crippen LogP contribution is 2.41. The summed E-state index contributed by atoms with van der Waals surface area (Å²) in [7, 11) is -2.95. The second-order valence-electron chi connectivity index (χ2n) is 5.27. The van der Waals surface area contributed by atoms with Crippen LogP contribution in [0.25, 0.3) is 0 Å². The zero-order valence-electron chi connectivity index (χ0n) is 10.9. The van der Waals surface area contributed by atoms with Crippen LogP contribution >= 0.6 is 11.8 Å². The highest BCUT2D eigenvalue weighted by Gasteiger charge is 2.48. The number of benzene rings is 1. The van der Waals surface area contributed by atoms with Gasteiger partial charge in [0, 0.05) is 10.9 Å². The lowest BCUT2D eigenvalue weighted by atomic mass is 10.1. The first-order chi connectivity index (χ1) is 8.87. The van der Waals surface area contributed by atoms with Crippen molar-refractivity contribution in [3.8, 4) is 0 Å². The van der Waals surface area contributed by atoms with E-state index in [0.29, 0.717) is 5.17 Å². The topological polar surface area (TPSA) is 61.2 Å². The summed E-state index contributed by atoms with van der Waals surface area (Å²) >= 11 is 1.38. The Balaban J connectivity index is 2.02. The lowest BCUT2D eigenvalue weighted by Gasteiger charge is -2.25. The minimum atomic E-state index is -2.95. The molecule has 4 nitrogen and oxygen atoms in total. The van der Waals surface area contributed by atoms with Gasteiger partial charge in [0.15, 0.2) is 15.0 Å². The van der Waals surface area contributed by atoms with E-state index in [4.69, 9.17) is 5.41 Å². The molecule has 102 valence electrons. The van der Waals surface area contributed by atoms with Gasteiger partial charge in [-0.3, -0.25) is 5.41 Å². The third kappa shape index (κ3) is 2.17. The molecule has 0 aliphatic carbocycles. The first kappa shape index (κ1) is 13.0. The molecular formula is C13H16N2O2S2. The minimum absolute atomic E-state index is 0.0122. The SMILES string of the molecule is Cc1ccc(N2C(=N)SC3CS(=O)(=O)CC32)c(C)c1. The van der Waals surface area contributed by atoms with Crippen molar-refractivity contribution < 1.29 is 8.42 Å². The summed E-state index contributed by atoms with van der Waals surface area (Å²) in [5.41, 5.74) is 3.23. The normalized spacial score (nSPS) is 28.7. The van der Waals surface area contributed by atoms with E-state index >= 15 is 0 Å². The van der Waals surface area contributed by atoms with Gasteiger partial charge in [0.25, 0.3) is 0 Å². The summed E-state index contributed by atoms with van der Waals surface area (Å²) in [5, 5.41) is 8.60. The number of amidine groups is 1. The molecule has 0 spiro atoms. The fourth-order valence-corrected chi connectivity index (χ4v) is 6.65. The maximum atomic E-state index is 11.8. The van der Waals surface area contributed by atoms with Crippen LogP contribution in [0.2, 0.25) is 0 Å². The van der Waals surface area contributed by atoms with Gasteiger partial charge in [0.05, 0.1) is 17.5 Å². The molecule has 0 radical (unpaired) electrons. The minimum Gasteiger partial charge on any atom is -0.316 e. The van der Waals surface area contributed by atoms with Crippen LogP contribution in [-0.2, 0) is 9.84 Å². The van der Waals surface area contributed by atoms with Crippen molar-refractivity contribution in [2.45, 2.75) is 25.1 Å². The van der Waals surface area contributed by atoms with Crippen LogP contribution in [0.3, 0.4) is 0 Å². The van der Waals surface area contributed by atoms with Gasteiger partial charge in [-0.2, -0.15) is 0 Å². The molecule has 3 rings (SSSR count). The fraction of sp³-hybridized carbons (Fsp3) is 0.462. The van der Waals surface area contributed by atoms with Crippen molar-refractivity contribution in [2.24, 2.45) is 0 Å². The van der Waals surface area contributed by atoms with Crippen LogP contribution in [0.1, 0.15) is 11.1 Å². The Labute approximate surface area is 117 Å². The molecule has 2 aliphatic rings. The Morgan fingerprint density at radius 3 is 2.74 bits per heavy atom. The standard InChI is InChI=1S/C13H16N2O2S2/c1-8-3-4-10(9(2)5-8)15-11-6-19(16,17)7-12(11)18-13(15)14/h3-5,11-12,14H,6-7H2,1-2H3. The molecule has 0 saturated carbocycles. The van der Waals surface area contributed by atoms with Crippen molar-refractivity contribution in [2.75, 3.05) is 16.4 Å². The number of thioether (sulfide) groups is 1. The highest BCUT2D eigenvalue weighted by molar-refractivity contribution is 8.15. The van der Waals surface area contributed by atoms with Gasteiger partial charge in [-0.25, -0.2) is 8.42 Å². The Hall–Kier alpha value is -1.01. The number of sulfone groups is 1. The van der Waals surface area contributed by atoms with E-state index in [1.807, 2.05) is 30.9 Å². The molecule has 1 aromatic rings. The van der Waals surface area contributed by atoms with Gasteiger partial charge in [-0.1, -0.05) is 29.5 Å². The lowest BCUT2D eigenvalue weighted by Crippen LogP contribution is -2.37. The molecule has 2 saturated heterocycles. The van der Waals surface area contributed by atoms with Crippen molar-refractivity contribution >= 4 is 32.5 Å². The monoisotopic (exact) mass is 296 g/mol. The number of hydrogen-bond donors (Lipinski definition) is 1. The summed E-state index contributed by atoms with van der Waals surface area (Å²) in [6, 6.07) is 6.00. The molecule has 2 atom stereocenters. The van der Waals surface area contributed by atoms with E-state index in [-0.39, 0.29) is 22.8 Å². The molecule has 0 aromatic heterocycles. The van der Waals surface area contributed by atoms with E-state index in [0.717, 1.165) is 11.3 Å². The molecule has 2 aliphatic heterocycles. The predicted octanol–water partition coefficient (Wildman–Crippen LogP) is 1.96. The molecule has 6 heteroatoms. The Kier molecular flexibility index (Phi) is 2.90. The maximum Gasteiger partial charge on any atom is 0.161 e. The van der Waals surface area contributed by atoms with E-state index in [1.54, 1.807) is 0 Å².